The van der Waals surface area contributed by atoms with Crippen LogP contribution in [0.2, 0.25) is 0 Å². The Morgan fingerprint density at radius 2 is 1.53 bits per heavy atom. The predicted octanol–water partition coefficient (Wildman–Crippen LogP) is 5.74. The molecule has 4 aromatic carbocycles. The van der Waals surface area contributed by atoms with Crippen molar-refractivity contribution in [1.82, 2.24) is 10.2 Å². The lowest BCUT2D eigenvalue weighted by atomic mass is 9.88. The summed E-state index contributed by atoms with van der Waals surface area (Å²) in [7, 11) is 0. The van der Waals surface area contributed by atoms with Crippen LogP contribution >= 0.6 is 0 Å². The van der Waals surface area contributed by atoms with Gasteiger partial charge in [0.15, 0.2) is 0 Å². The van der Waals surface area contributed by atoms with Crippen molar-refractivity contribution >= 4 is 22.6 Å². The van der Waals surface area contributed by atoms with E-state index >= 15 is 0 Å². The van der Waals surface area contributed by atoms with Crippen LogP contribution in [0.25, 0.3) is 10.8 Å². The fraction of sp³-hybridized carbons (Fsp3) is 0.226. The summed E-state index contributed by atoms with van der Waals surface area (Å²) < 4.78 is 0. The first kappa shape index (κ1) is 23.8. The molecule has 36 heavy (non-hydrogen) atoms. The second kappa shape index (κ2) is 10.3. The van der Waals surface area contributed by atoms with E-state index in [0.29, 0.717) is 18.7 Å². The maximum atomic E-state index is 13.3. The van der Waals surface area contributed by atoms with Crippen LogP contribution in [0.3, 0.4) is 0 Å². The first-order valence-electron chi connectivity index (χ1n) is 12.4. The number of carboxylic acid groups (broad SMARTS) is 1. The summed E-state index contributed by atoms with van der Waals surface area (Å²) in [6.45, 7) is 4.26. The number of carboxylic acids is 1. The van der Waals surface area contributed by atoms with Gasteiger partial charge in [-0.2, -0.15) is 0 Å². The molecule has 3 atom stereocenters. The third-order valence-electron chi connectivity index (χ3n) is 7.31. The number of rotatable bonds is 7. The molecule has 0 radical (unpaired) electrons. The second-order valence-corrected chi connectivity index (χ2v) is 9.57. The molecule has 0 spiro atoms. The van der Waals surface area contributed by atoms with Gasteiger partial charge in [0.25, 0.3) is 5.91 Å². The Kier molecular flexibility index (Phi) is 6.83. The summed E-state index contributed by atoms with van der Waals surface area (Å²) in [6.07, 6.45) is 0. The summed E-state index contributed by atoms with van der Waals surface area (Å²) in [5, 5.41) is 15.4. The van der Waals surface area contributed by atoms with Gasteiger partial charge >= 0.3 is 5.97 Å². The Hall–Kier alpha value is -3.96. The predicted molar refractivity (Wildman–Crippen MR) is 142 cm³/mol. The molecule has 0 aliphatic carbocycles. The van der Waals surface area contributed by atoms with E-state index in [9.17, 15) is 9.59 Å². The molecule has 5 nitrogen and oxygen atoms in total. The van der Waals surface area contributed by atoms with Crippen LogP contribution in [0, 0.1) is 5.92 Å². The molecule has 1 heterocycles. The number of carbonyl (C=O) groups excluding carboxylic acids is 1. The molecule has 1 fully saturated rings. The van der Waals surface area contributed by atoms with E-state index in [1.807, 2.05) is 23.1 Å². The highest BCUT2D eigenvalue weighted by atomic mass is 16.4. The number of hydrogen-bond donors (Lipinski definition) is 2. The highest BCUT2D eigenvalue weighted by Gasteiger charge is 2.36. The summed E-state index contributed by atoms with van der Waals surface area (Å²) in [5.41, 5.74) is 3.21. The van der Waals surface area contributed by atoms with Crippen molar-refractivity contribution in [2.75, 3.05) is 19.6 Å². The largest absolute Gasteiger partial charge is 0.478 e. The quantitative estimate of drug-likeness (QED) is 0.355. The Morgan fingerprint density at radius 3 is 2.28 bits per heavy atom. The fourth-order valence-electron chi connectivity index (χ4n) is 5.33. The van der Waals surface area contributed by atoms with E-state index in [0.717, 1.165) is 6.54 Å². The van der Waals surface area contributed by atoms with Crippen LogP contribution in [0.5, 0.6) is 0 Å². The standard InChI is InChI=1S/C31H30N2O3/c1-21(27-13-7-11-22-10-5-6-12-28(22)27)32-18-26-19-33(20-29(26)23-8-3-2-4-9-23)30(34)24-14-16-25(17-15-24)31(35)36/h2-17,21,26,29,32H,18-20H2,1H3,(H,35,36)/t21-,26+,29-/m1/s1. The summed E-state index contributed by atoms with van der Waals surface area (Å²) in [5.74, 6) is -0.573. The SMILES string of the molecule is C[C@@H](NC[C@H]1CN(C(=O)c2ccc(C(=O)O)cc2)C[C@@H]1c1ccccc1)c1cccc2ccccc12. The summed E-state index contributed by atoms with van der Waals surface area (Å²) in [6, 6.07) is 31.6. The second-order valence-electron chi connectivity index (χ2n) is 9.57. The topological polar surface area (TPSA) is 69.6 Å². The van der Waals surface area contributed by atoms with Gasteiger partial charge in [0, 0.05) is 37.2 Å². The summed E-state index contributed by atoms with van der Waals surface area (Å²) in [4.78, 5) is 26.4. The van der Waals surface area contributed by atoms with Gasteiger partial charge in [-0.25, -0.2) is 4.79 Å². The molecule has 182 valence electrons. The molecule has 1 aliphatic heterocycles. The van der Waals surface area contributed by atoms with Gasteiger partial charge in [-0.1, -0.05) is 72.8 Å². The van der Waals surface area contributed by atoms with Crippen molar-refractivity contribution in [2.45, 2.75) is 18.9 Å². The molecule has 1 aliphatic rings. The van der Waals surface area contributed by atoms with Crippen LogP contribution in [-0.2, 0) is 0 Å². The molecule has 5 heteroatoms. The third-order valence-corrected chi connectivity index (χ3v) is 7.31. The Bertz CT molecular complexity index is 1360. The molecule has 0 bridgehead atoms. The van der Waals surface area contributed by atoms with E-state index in [-0.39, 0.29) is 29.3 Å². The maximum absolute atomic E-state index is 13.3. The van der Waals surface area contributed by atoms with E-state index < -0.39 is 5.97 Å². The van der Waals surface area contributed by atoms with E-state index in [1.165, 1.54) is 34.0 Å². The van der Waals surface area contributed by atoms with Crippen molar-refractivity contribution in [3.63, 3.8) is 0 Å². The minimum Gasteiger partial charge on any atom is -0.478 e. The molecule has 1 amide bonds. The fourth-order valence-corrected chi connectivity index (χ4v) is 5.33. The van der Waals surface area contributed by atoms with Gasteiger partial charge in [0.2, 0.25) is 0 Å². The van der Waals surface area contributed by atoms with Gasteiger partial charge in [-0.3, -0.25) is 4.79 Å². The molecule has 0 aromatic heterocycles. The number of likely N-dealkylation sites (tertiary alicyclic amines) is 1. The van der Waals surface area contributed by atoms with Gasteiger partial charge < -0.3 is 15.3 Å². The van der Waals surface area contributed by atoms with Crippen molar-refractivity contribution in [3.05, 3.63) is 119 Å². The van der Waals surface area contributed by atoms with E-state index in [4.69, 9.17) is 5.11 Å². The molecule has 0 unspecified atom stereocenters. The first-order valence-corrected chi connectivity index (χ1v) is 12.4. The number of carbonyl (C=O) groups is 2. The van der Waals surface area contributed by atoms with Gasteiger partial charge in [0.05, 0.1) is 5.56 Å². The smallest absolute Gasteiger partial charge is 0.335 e. The Labute approximate surface area is 211 Å². The average molecular weight is 479 g/mol. The molecule has 0 saturated carbocycles. The first-order chi connectivity index (χ1) is 17.5. The molecular weight excluding hydrogens is 448 g/mol. The monoisotopic (exact) mass is 478 g/mol. The molecule has 5 rings (SSSR count). The number of fused-ring (bicyclic) bond motifs is 1. The summed E-state index contributed by atoms with van der Waals surface area (Å²) >= 11 is 0. The number of nitrogens with zero attached hydrogens (tertiary/aromatic N) is 1. The normalized spacial score (nSPS) is 18.3. The van der Waals surface area contributed by atoms with Crippen LogP contribution in [0.4, 0.5) is 0 Å². The number of aromatic carboxylic acids is 1. The van der Waals surface area contributed by atoms with Crippen LogP contribution < -0.4 is 5.32 Å². The number of nitrogens with one attached hydrogen (secondary N) is 1. The average Bonchev–Trinajstić information content (AvgIpc) is 3.36. The molecule has 4 aromatic rings. The number of hydrogen-bond acceptors (Lipinski definition) is 3. The zero-order valence-corrected chi connectivity index (χ0v) is 20.3. The van der Waals surface area contributed by atoms with E-state index in [2.05, 4.69) is 66.8 Å². The van der Waals surface area contributed by atoms with Gasteiger partial charge in [-0.05, 0) is 59.0 Å². The Balaban J connectivity index is 1.34. The maximum Gasteiger partial charge on any atom is 0.335 e. The van der Waals surface area contributed by atoms with E-state index in [1.54, 1.807) is 12.1 Å². The third kappa shape index (κ3) is 4.88. The van der Waals surface area contributed by atoms with Crippen LogP contribution in [-0.4, -0.2) is 41.5 Å². The lowest BCUT2D eigenvalue weighted by Gasteiger charge is -2.23. The number of amides is 1. The minimum atomic E-state index is -0.995. The Morgan fingerprint density at radius 1 is 0.861 bits per heavy atom. The molecular formula is C31H30N2O3. The van der Waals surface area contributed by atoms with Crippen LogP contribution in [0.15, 0.2) is 97.1 Å². The lowest BCUT2D eigenvalue weighted by Crippen LogP contribution is -2.32. The zero-order valence-electron chi connectivity index (χ0n) is 20.3. The van der Waals surface area contributed by atoms with Crippen molar-refractivity contribution in [3.8, 4) is 0 Å². The van der Waals surface area contributed by atoms with Crippen molar-refractivity contribution in [1.29, 1.82) is 0 Å². The highest BCUT2D eigenvalue weighted by Crippen LogP contribution is 2.34. The molecule has 1 saturated heterocycles. The zero-order chi connectivity index (χ0) is 25.1. The molecule has 2 N–H and O–H groups in total. The minimum absolute atomic E-state index is 0.0579. The van der Waals surface area contributed by atoms with Gasteiger partial charge in [-0.15, -0.1) is 0 Å². The number of benzene rings is 4. The van der Waals surface area contributed by atoms with Gasteiger partial charge in [0.1, 0.15) is 0 Å². The van der Waals surface area contributed by atoms with Crippen molar-refractivity contribution < 1.29 is 14.7 Å². The highest BCUT2D eigenvalue weighted by molar-refractivity contribution is 5.96. The lowest BCUT2D eigenvalue weighted by molar-refractivity contribution is 0.0695. The van der Waals surface area contributed by atoms with Crippen LogP contribution in [0.1, 0.15) is 50.7 Å². The van der Waals surface area contributed by atoms with Crippen molar-refractivity contribution in [2.24, 2.45) is 5.92 Å².